The molecule has 0 aliphatic heterocycles. The molecule has 1 aromatic heterocycles. The van der Waals surface area contributed by atoms with Crippen LogP contribution in [0.4, 0.5) is 0 Å². The largest absolute Gasteiger partial charge is 0.411 e. The molecule has 10 heavy (non-hydrogen) atoms. The van der Waals surface area contributed by atoms with E-state index in [2.05, 4.69) is 5.16 Å². The van der Waals surface area contributed by atoms with E-state index >= 15 is 0 Å². The highest BCUT2D eigenvalue weighted by Crippen LogP contribution is 2.20. The molecule has 1 heterocycles. The van der Waals surface area contributed by atoms with Crippen molar-refractivity contribution in [3.05, 3.63) is 21.3 Å². The van der Waals surface area contributed by atoms with E-state index in [0.717, 1.165) is 9.21 Å². The number of oxime groups is 1. The summed E-state index contributed by atoms with van der Waals surface area (Å²) in [6.45, 7) is 0. The second kappa shape index (κ2) is 3.58. The van der Waals surface area contributed by atoms with Gasteiger partial charge in [-0.05, 0) is 12.1 Å². The minimum atomic E-state index is 0.647. The highest BCUT2D eigenvalue weighted by atomic mass is 35.5. The van der Waals surface area contributed by atoms with E-state index in [1.165, 1.54) is 17.6 Å². The fourth-order valence-electron chi connectivity index (χ4n) is 0.592. The van der Waals surface area contributed by atoms with Gasteiger partial charge in [0.05, 0.1) is 4.34 Å². The van der Waals surface area contributed by atoms with Gasteiger partial charge in [0.25, 0.3) is 0 Å². The first kappa shape index (κ1) is 7.57. The molecule has 4 heteroatoms. The van der Waals surface area contributed by atoms with Crippen LogP contribution in [-0.4, -0.2) is 11.4 Å². The lowest BCUT2D eigenvalue weighted by atomic mass is 10.4. The van der Waals surface area contributed by atoms with E-state index < -0.39 is 0 Å². The number of halogens is 1. The molecule has 1 N–H and O–H groups in total. The van der Waals surface area contributed by atoms with Gasteiger partial charge >= 0.3 is 0 Å². The number of thiophene rings is 1. The molecule has 0 radical (unpaired) electrons. The van der Waals surface area contributed by atoms with E-state index in [1.54, 1.807) is 0 Å². The minimum Gasteiger partial charge on any atom is -0.411 e. The lowest BCUT2D eigenvalue weighted by Crippen LogP contribution is -1.78. The van der Waals surface area contributed by atoms with Crippen LogP contribution in [0.3, 0.4) is 0 Å². The number of nitrogens with zero attached hydrogens (tertiary/aromatic N) is 1. The van der Waals surface area contributed by atoms with E-state index in [4.69, 9.17) is 16.8 Å². The Kier molecular flexibility index (Phi) is 2.71. The summed E-state index contributed by atoms with van der Waals surface area (Å²) in [5, 5.41) is 11.0. The number of hydrogen-bond acceptors (Lipinski definition) is 3. The lowest BCUT2D eigenvalue weighted by molar-refractivity contribution is 0.321. The van der Waals surface area contributed by atoms with Gasteiger partial charge in [0.2, 0.25) is 0 Å². The van der Waals surface area contributed by atoms with E-state index in [9.17, 15) is 0 Å². The smallest absolute Gasteiger partial charge is 0.0931 e. The summed E-state index contributed by atoms with van der Waals surface area (Å²) < 4.78 is 0.765. The van der Waals surface area contributed by atoms with Crippen molar-refractivity contribution in [3.8, 4) is 0 Å². The van der Waals surface area contributed by atoms with Crippen molar-refractivity contribution in [2.45, 2.75) is 6.42 Å². The maximum absolute atomic E-state index is 8.08. The molecule has 0 saturated heterocycles. The van der Waals surface area contributed by atoms with Crippen molar-refractivity contribution in [1.29, 1.82) is 0 Å². The zero-order chi connectivity index (χ0) is 7.40. The van der Waals surface area contributed by atoms with Gasteiger partial charge in [-0.1, -0.05) is 11.6 Å². The predicted octanol–water partition coefficient (Wildman–Crippen LogP) is 2.40. The summed E-state index contributed by atoms with van der Waals surface area (Å²) in [5.74, 6) is 0. The Hall–Kier alpha value is -0.540. The molecular weight excluding hydrogens is 170 g/mol. The monoisotopic (exact) mass is 175 g/mol. The average Bonchev–Trinajstić information content (AvgIpc) is 2.31. The van der Waals surface area contributed by atoms with Crippen LogP contribution in [0.15, 0.2) is 17.3 Å². The fourth-order valence-corrected chi connectivity index (χ4v) is 1.63. The quantitative estimate of drug-likeness (QED) is 0.418. The lowest BCUT2D eigenvalue weighted by Gasteiger charge is -1.82. The van der Waals surface area contributed by atoms with Gasteiger partial charge in [-0.3, -0.25) is 0 Å². The molecule has 0 unspecified atom stereocenters. The highest BCUT2D eigenvalue weighted by Gasteiger charge is 1.94. The van der Waals surface area contributed by atoms with Gasteiger partial charge < -0.3 is 5.21 Å². The standard InChI is InChI=1S/C6H6ClNOS/c7-6-2-1-5(10-6)3-4-8-9/h1-2,4,9H,3H2/b8-4+. The van der Waals surface area contributed by atoms with Crippen LogP contribution < -0.4 is 0 Å². The molecular formula is C6H6ClNOS. The van der Waals surface area contributed by atoms with Gasteiger partial charge in [-0.2, -0.15) is 0 Å². The van der Waals surface area contributed by atoms with Crippen LogP contribution in [0.2, 0.25) is 4.34 Å². The average molecular weight is 176 g/mol. The van der Waals surface area contributed by atoms with Gasteiger partial charge in [0.1, 0.15) is 0 Å². The molecule has 0 aliphatic carbocycles. The molecule has 0 aromatic carbocycles. The molecule has 0 saturated carbocycles. The summed E-state index contributed by atoms with van der Waals surface area (Å²) in [7, 11) is 0. The molecule has 0 bridgehead atoms. The Balaban J connectivity index is 2.58. The Morgan fingerprint density at radius 2 is 2.50 bits per heavy atom. The first-order valence-corrected chi connectivity index (χ1v) is 3.92. The molecule has 0 fully saturated rings. The van der Waals surface area contributed by atoms with Crippen molar-refractivity contribution in [3.63, 3.8) is 0 Å². The summed E-state index contributed by atoms with van der Waals surface area (Å²) in [4.78, 5) is 1.10. The molecule has 2 nitrogen and oxygen atoms in total. The van der Waals surface area contributed by atoms with Gasteiger partial charge in [0, 0.05) is 17.5 Å². The van der Waals surface area contributed by atoms with Crippen LogP contribution in [0.25, 0.3) is 0 Å². The van der Waals surface area contributed by atoms with Crippen LogP contribution in [0.1, 0.15) is 4.88 Å². The highest BCUT2D eigenvalue weighted by molar-refractivity contribution is 7.16. The molecule has 0 amide bonds. The Morgan fingerprint density at radius 1 is 1.70 bits per heavy atom. The van der Waals surface area contributed by atoms with Crippen LogP contribution in [0.5, 0.6) is 0 Å². The van der Waals surface area contributed by atoms with Crippen molar-refractivity contribution in [1.82, 2.24) is 0 Å². The summed E-state index contributed by atoms with van der Waals surface area (Å²) in [5.41, 5.74) is 0. The van der Waals surface area contributed by atoms with Gasteiger partial charge in [0.15, 0.2) is 0 Å². The third kappa shape index (κ3) is 2.01. The number of rotatable bonds is 2. The summed E-state index contributed by atoms with van der Waals surface area (Å²) in [6.07, 6.45) is 2.08. The van der Waals surface area contributed by atoms with E-state index in [0.29, 0.717) is 6.42 Å². The van der Waals surface area contributed by atoms with Gasteiger partial charge in [-0.15, -0.1) is 16.5 Å². The summed E-state index contributed by atoms with van der Waals surface area (Å²) >= 11 is 7.14. The van der Waals surface area contributed by atoms with Crippen LogP contribution in [0, 0.1) is 0 Å². The molecule has 1 rings (SSSR count). The normalized spacial score (nSPS) is 10.9. The maximum atomic E-state index is 8.08. The first-order chi connectivity index (χ1) is 4.83. The SMILES string of the molecule is O/N=C/Cc1ccc(Cl)s1. The molecule has 54 valence electrons. The second-order valence-corrected chi connectivity index (χ2v) is 3.51. The Labute approximate surface area is 67.7 Å². The molecule has 0 aliphatic rings. The number of hydrogen-bond donors (Lipinski definition) is 1. The zero-order valence-electron chi connectivity index (χ0n) is 5.12. The first-order valence-electron chi connectivity index (χ1n) is 2.73. The summed E-state index contributed by atoms with van der Waals surface area (Å²) in [6, 6.07) is 3.74. The maximum Gasteiger partial charge on any atom is 0.0931 e. The van der Waals surface area contributed by atoms with E-state index in [-0.39, 0.29) is 0 Å². The Morgan fingerprint density at radius 3 is 3.00 bits per heavy atom. The topological polar surface area (TPSA) is 32.6 Å². The second-order valence-electron chi connectivity index (χ2n) is 1.71. The van der Waals surface area contributed by atoms with Gasteiger partial charge in [-0.25, -0.2) is 0 Å². The molecule has 0 spiro atoms. The minimum absolute atomic E-state index is 0.647. The third-order valence-electron chi connectivity index (χ3n) is 1.00. The van der Waals surface area contributed by atoms with Crippen molar-refractivity contribution in [2.75, 3.05) is 0 Å². The zero-order valence-corrected chi connectivity index (χ0v) is 6.69. The molecule has 1 aromatic rings. The predicted molar refractivity (Wildman–Crippen MR) is 43.3 cm³/mol. The van der Waals surface area contributed by atoms with E-state index in [1.807, 2.05) is 12.1 Å². The van der Waals surface area contributed by atoms with Crippen molar-refractivity contribution in [2.24, 2.45) is 5.16 Å². The van der Waals surface area contributed by atoms with Crippen LogP contribution in [-0.2, 0) is 6.42 Å². The van der Waals surface area contributed by atoms with Crippen molar-refractivity contribution >= 4 is 29.2 Å². The Bertz CT molecular complexity index is 233. The fraction of sp³-hybridized carbons (Fsp3) is 0.167. The third-order valence-corrected chi connectivity index (χ3v) is 2.26. The van der Waals surface area contributed by atoms with Crippen LogP contribution >= 0.6 is 22.9 Å². The molecule has 0 atom stereocenters. The van der Waals surface area contributed by atoms with Crippen molar-refractivity contribution < 1.29 is 5.21 Å².